The molecule has 3 heteroatoms. The van der Waals surface area contributed by atoms with E-state index < -0.39 is 0 Å². The van der Waals surface area contributed by atoms with E-state index in [9.17, 15) is 4.79 Å². The van der Waals surface area contributed by atoms with E-state index in [0.717, 1.165) is 0 Å². The van der Waals surface area contributed by atoms with Crippen LogP contribution in [-0.4, -0.2) is 32.5 Å². The number of halogens is 1. The summed E-state index contributed by atoms with van der Waals surface area (Å²) in [5, 5.41) is -0.361. The van der Waals surface area contributed by atoms with Crippen molar-refractivity contribution in [2.24, 2.45) is 0 Å². The number of hydrogen-bond donors (Lipinski definition) is 0. The van der Waals surface area contributed by atoms with Crippen molar-refractivity contribution in [3.05, 3.63) is 0 Å². The van der Waals surface area contributed by atoms with Gasteiger partial charge in [-0.25, -0.2) is 0 Å². The van der Waals surface area contributed by atoms with Gasteiger partial charge in [0.05, 0.1) is 0 Å². The first kappa shape index (κ1) is 9.30. The molecule has 28 valence electrons. The fraction of sp³-hybridized carbons (Fsp3) is 0.500. The molecule has 0 aromatic rings. The summed E-state index contributed by atoms with van der Waals surface area (Å²) in [7, 11) is 0. The molecule has 0 aromatic carbocycles. The quantitative estimate of drug-likeness (QED) is 0.465. The normalized spacial score (nSPS) is 5.20. The second-order valence-electron chi connectivity index (χ2n) is 0.470. The largest absolute Gasteiger partial charge is 0.282 e. The van der Waals surface area contributed by atoms with Crippen LogP contribution in [0.4, 0.5) is 0 Å². The van der Waals surface area contributed by atoms with Gasteiger partial charge in [-0.05, 0) is 11.6 Å². The minimum absolute atomic E-state index is 0. The Morgan fingerprint density at radius 1 is 1.80 bits per heavy atom. The zero-order valence-corrected chi connectivity index (χ0v) is 7.43. The molecule has 0 saturated heterocycles. The van der Waals surface area contributed by atoms with E-state index in [2.05, 4.69) is 11.6 Å². The van der Waals surface area contributed by atoms with Crippen LogP contribution in [0.25, 0.3) is 0 Å². The van der Waals surface area contributed by atoms with Crippen molar-refractivity contribution in [3.8, 4) is 0 Å². The van der Waals surface area contributed by atoms with Crippen LogP contribution in [0.2, 0.25) is 0 Å². The van der Waals surface area contributed by atoms with E-state index >= 15 is 0 Å². The van der Waals surface area contributed by atoms with Gasteiger partial charge in [-0.15, -0.1) is 0 Å². The average molecular weight is 286 g/mol. The first-order valence-electron chi connectivity index (χ1n) is 0.893. The molecule has 1 nitrogen and oxygen atoms in total. The first-order valence-corrected chi connectivity index (χ1v) is 1.27. The Kier molecular flexibility index (Phi) is 9.08. The summed E-state index contributed by atoms with van der Waals surface area (Å²) in [6.45, 7) is 1.29. The standard InChI is InChI=1S/C2H3ClO.Pb/c1-2(3)4;/h1H3;. The third-order valence-corrected chi connectivity index (χ3v) is 0. The molecular formula is C2H3ClOPb. The van der Waals surface area contributed by atoms with Crippen molar-refractivity contribution in [1.29, 1.82) is 0 Å². The summed E-state index contributed by atoms with van der Waals surface area (Å²) in [6, 6.07) is 0. The smallest absolute Gasteiger partial charge is 0.218 e. The molecule has 0 saturated carbocycles. The van der Waals surface area contributed by atoms with Gasteiger partial charge in [-0.2, -0.15) is 0 Å². The molecule has 0 rings (SSSR count). The molecule has 0 atom stereocenters. The Morgan fingerprint density at radius 3 is 1.80 bits per heavy atom. The first-order chi connectivity index (χ1) is 1.73. The molecular weight excluding hydrogens is 283 g/mol. The summed E-state index contributed by atoms with van der Waals surface area (Å²) in [5.41, 5.74) is 0. The molecule has 0 fully saturated rings. The van der Waals surface area contributed by atoms with Crippen LogP contribution in [-0.2, 0) is 4.79 Å². The van der Waals surface area contributed by atoms with Gasteiger partial charge in [0.2, 0.25) is 5.24 Å². The predicted octanol–water partition coefficient (Wildman–Crippen LogP) is 0.391. The Bertz CT molecular complexity index is 32.6. The van der Waals surface area contributed by atoms with E-state index in [1.807, 2.05) is 0 Å². The third kappa shape index (κ3) is 52.1. The SMILES string of the molecule is CC(=O)Cl.[Pb]. The number of hydrogen-bond acceptors (Lipinski definition) is 1. The maximum absolute atomic E-state index is 9.21. The topological polar surface area (TPSA) is 17.1 Å². The molecule has 0 N–H and O–H groups in total. The van der Waals surface area contributed by atoms with Gasteiger partial charge >= 0.3 is 0 Å². The van der Waals surface area contributed by atoms with Crippen LogP contribution >= 0.6 is 11.6 Å². The maximum Gasteiger partial charge on any atom is 0.218 e. The van der Waals surface area contributed by atoms with Crippen molar-refractivity contribution in [1.82, 2.24) is 0 Å². The van der Waals surface area contributed by atoms with E-state index in [-0.39, 0.29) is 32.5 Å². The van der Waals surface area contributed by atoms with Crippen molar-refractivity contribution < 1.29 is 4.79 Å². The summed E-state index contributed by atoms with van der Waals surface area (Å²) in [4.78, 5) is 9.21. The molecule has 0 aliphatic rings. The molecule has 0 amide bonds. The van der Waals surface area contributed by atoms with Crippen LogP contribution in [0.5, 0.6) is 0 Å². The van der Waals surface area contributed by atoms with Gasteiger partial charge in [-0.3, -0.25) is 4.79 Å². The Labute approximate surface area is 55.9 Å². The zero-order chi connectivity index (χ0) is 3.58. The van der Waals surface area contributed by atoms with Crippen LogP contribution in [0.3, 0.4) is 0 Å². The predicted molar refractivity (Wildman–Crippen MR) is 22.3 cm³/mol. The average Bonchev–Trinajstić information content (AvgIpc) is 0.811. The van der Waals surface area contributed by atoms with Crippen molar-refractivity contribution in [2.75, 3.05) is 0 Å². The number of carbonyl (C=O) groups excluding carboxylic acids is 1. The minimum Gasteiger partial charge on any atom is -0.282 e. The minimum atomic E-state index is -0.361. The second-order valence-corrected chi connectivity index (χ2v) is 1.00. The summed E-state index contributed by atoms with van der Waals surface area (Å²) in [6.07, 6.45) is 0. The molecule has 0 aromatic heterocycles. The molecule has 0 unspecified atom stereocenters. The molecule has 5 heavy (non-hydrogen) atoms. The summed E-state index contributed by atoms with van der Waals surface area (Å²) >= 11 is 4.64. The monoisotopic (exact) mass is 286 g/mol. The Morgan fingerprint density at radius 2 is 1.80 bits per heavy atom. The maximum atomic E-state index is 9.21. The fourth-order valence-electron chi connectivity index (χ4n) is 0. The molecule has 0 bridgehead atoms. The number of carbonyl (C=O) groups is 1. The zero-order valence-electron chi connectivity index (χ0n) is 2.79. The van der Waals surface area contributed by atoms with Gasteiger partial charge in [0.15, 0.2) is 0 Å². The van der Waals surface area contributed by atoms with Crippen LogP contribution < -0.4 is 0 Å². The van der Waals surface area contributed by atoms with Crippen molar-refractivity contribution >= 4 is 44.1 Å². The second kappa shape index (κ2) is 4.88. The van der Waals surface area contributed by atoms with Crippen LogP contribution in [0, 0.1) is 0 Å². The van der Waals surface area contributed by atoms with Gasteiger partial charge in [-0.1, -0.05) is 0 Å². The van der Waals surface area contributed by atoms with Crippen molar-refractivity contribution in [3.63, 3.8) is 0 Å². The third-order valence-electron chi connectivity index (χ3n) is 0. The molecule has 4 radical (unpaired) electrons. The fourth-order valence-corrected chi connectivity index (χ4v) is 0. The molecule has 0 aliphatic heterocycles. The van der Waals surface area contributed by atoms with E-state index in [0.29, 0.717) is 0 Å². The van der Waals surface area contributed by atoms with Crippen molar-refractivity contribution in [2.45, 2.75) is 6.92 Å². The van der Waals surface area contributed by atoms with Crippen LogP contribution in [0.1, 0.15) is 6.92 Å². The molecule has 0 heterocycles. The van der Waals surface area contributed by atoms with Gasteiger partial charge < -0.3 is 0 Å². The summed E-state index contributed by atoms with van der Waals surface area (Å²) < 4.78 is 0. The van der Waals surface area contributed by atoms with Gasteiger partial charge in [0.25, 0.3) is 0 Å². The van der Waals surface area contributed by atoms with Gasteiger partial charge in [0.1, 0.15) is 0 Å². The molecule has 0 spiro atoms. The van der Waals surface area contributed by atoms with E-state index in [4.69, 9.17) is 0 Å². The van der Waals surface area contributed by atoms with Crippen LogP contribution in [0.15, 0.2) is 0 Å². The Hall–Kier alpha value is 0.882. The molecule has 0 aliphatic carbocycles. The van der Waals surface area contributed by atoms with E-state index in [1.54, 1.807) is 0 Å². The van der Waals surface area contributed by atoms with E-state index in [1.165, 1.54) is 6.92 Å². The summed E-state index contributed by atoms with van der Waals surface area (Å²) in [5.74, 6) is 0. The Balaban J connectivity index is 0. The van der Waals surface area contributed by atoms with Gasteiger partial charge in [0, 0.05) is 34.2 Å². The number of rotatable bonds is 0.